The van der Waals surface area contributed by atoms with E-state index in [0.717, 1.165) is 24.2 Å². The van der Waals surface area contributed by atoms with Gasteiger partial charge in [-0.2, -0.15) is 0 Å². The van der Waals surface area contributed by atoms with Crippen molar-refractivity contribution >= 4 is 0 Å². The van der Waals surface area contributed by atoms with Gasteiger partial charge in [0.1, 0.15) is 5.75 Å². The highest BCUT2D eigenvalue weighted by Crippen LogP contribution is 2.32. The summed E-state index contributed by atoms with van der Waals surface area (Å²) in [5.74, 6) is 0.876. The van der Waals surface area contributed by atoms with Crippen molar-refractivity contribution in [1.29, 1.82) is 0 Å². The van der Waals surface area contributed by atoms with Gasteiger partial charge in [-0.3, -0.25) is 0 Å². The van der Waals surface area contributed by atoms with E-state index >= 15 is 0 Å². The van der Waals surface area contributed by atoms with E-state index in [4.69, 9.17) is 9.47 Å². The van der Waals surface area contributed by atoms with Crippen LogP contribution < -0.4 is 4.74 Å². The molecule has 1 aliphatic rings. The van der Waals surface area contributed by atoms with E-state index < -0.39 is 0 Å². The van der Waals surface area contributed by atoms with Crippen LogP contribution in [0.3, 0.4) is 0 Å². The van der Waals surface area contributed by atoms with Gasteiger partial charge < -0.3 is 14.6 Å². The fourth-order valence-electron chi connectivity index (χ4n) is 3.22. The first-order valence-electron chi connectivity index (χ1n) is 8.19. The van der Waals surface area contributed by atoms with Crippen molar-refractivity contribution in [3.8, 4) is 5.75 Å². The zero-order chi connectivity index (χ0) is 16.2. The normalized spacial score (nSPS) is 24.4. The molecule has 0 aliphatic carbocycles. The van der Waals surface area contributed by atoms with Crippen molar-refractivity contribution in [3.63, 3.8) is 0 Å². The summed E-state index contributed by atoms with van der Waals surface area (Å²) in [5.41, 5.74) is 3.66. The van der Waals surface area contributed by atoms with E-state index in [9.17, 15) is 5.11 Å². The van der Waals surface area contributed by atoms with Crippen molar-refractivity contribution in [3.05, 3.63) is 65.2 Å². The molecule has 3 heteroatoms. The quantitative estimate of drug-likeness (QED) is 0.931. The summed E-state index contributed by atoms with van der Waals surface area (Å²) < 4.78 is 11.2. The molecule has 1 heterocycles. The summed E-state index contributed by atoms with van der Waals surface area (Å²) in [6.07, 6.45) is 2.11. The molecule has 1 saturated heterocycles. The van der Waals surface area contributed by atoms with Gasteiger partial charge in [0.05, 0.1) is 25.4 Å². The molecule has 1 aliphatic heterocycles. The lowest BCUT2D eigenvalue weighted by Gasteiger charge is -2.31. The maximum Gasteiger partial charge on any atom is 0.118 e. The molecule has 1 N–H and O–H groups in total. The minimum atomic E-state index is -0.269. The van der Waals surface area contributed by atoms with Gasteiger partial charge in [0.25, 0.3) is 0 Å². The molecule has 3 atom stereocenters. The van der Waals surface area contributed by atoms with E-state index in [1.165, 1.54) is 11.1 Å². The smallest absolute Gasteiger partial charge is 0.118 e. The van der Waals surface area contributed by atoms with Gasteiger partial charge in [0.2, 0.25) is 0 Å². The molecule has 122 valence electrons. The molecule has 23 heavy (non-hydrogen) atoms. The van der Waals surface area contributed by atoms with Crippen LogP contribution in [0, 0.1) is 0 Å². The van der Waals surface area contributed by atoms with E-state index in [-0.39, 0.29) is 18.3 Å². The predicted molar refractivity (Wildman–Crippen MR) is 90.8 cm³/mol. The lowest BCUT2D eigenvalue weighted by molar-refractivity contribution is -0.0895. The second-order valence-corrected chi connectivity index (χ2v) is 6.33. The molecule has 3 rings (SSSR count). The van der Waals surface area contributed by atoms with Crippen LogP contribution in [-0.2, 0) is 11.2 Å². The number of hydrogen-bond donors (Lipinski definition) is 1. The number of aliphatic hydroxyl groups excluding tert-OH is 1. The largest absolute Gasteiger partial charge is 0.497 e. The third kappa shape index (κ3) is 4.12. The molecule has 0 aromatic heterocycles. The Balaban J connectivity index is 1.74. The third-order valence-corrected chi connectivity index (χ3v) is 4.38. The third-order valence-electron chi connectivity index (χ3n) is 4.38. The van der Waals surface area contributed by atoms with Gasteiger partial charge in [-0.15, -0.1) is 0 Å². The van der Waals surface area contributed by atoms with Crippen LogP contribution in [0.2, 0.25) is 0 Å². The summed E-state index contributed by atoms with van der Waals surface area (Å²) in [5, 5.41) is 9.97. The average Bonchev–Trinajstić information content (AvgIpc) is 2.55. The van der Waals surface area contributed by atoms with Gasteiger partial charge in [-0.1, -0.05) is 36.4 Å². The molecule has 1 fully saturated rings. The highest BCUT2D eigenvalue weighted by molar-refractivity contribution is 5.33. The van der Waals surface area contributed by atoms with Crippen molar-refractivity contribution in [1.82, 2.24) is 0 Å². The van der Waals surface area contributed by atoms with Crippen LogP contribution >= 0.6 is 0 Å². The van der Waals surface area contributed by atoms with E-state index in [0.29, 0.717) is 6.42 Å². The Morgan fingerprint density at radius 1 is 1.09 bits per heavy atom. The molecule has 0 bridgehead atoms. The highest BCUT2D eigenvalue weighted by atomic mass is 16.5. The Hall–Kier alpha value is -1.84. The minimum absolute atomic E-state index is 0.00966. The molecule has 0 unspecified atom stereocenters. The van der Waals surface area contributed by atoms with Crippen molar-refractivity contribution in [2.75, 3.05) is 7.11 Å². The fraction of sp³-hybridized carbons (Fsp3) is 0.400. The van der Waals surface area contributed by atoms with Crippen LogP contribution in [-0.4, -0.2) is 24.4 Å². The number of benzene rings is 2. The first-order valence-corrected chi connectivity index (χ1v) is 8.19. The molecule has 0 saturated carbocycles. The zero-order valence-corrected chi connectivity index (χ0v) is 13.7. The highest BCUT2D eigenvalue weighted by Gasteiger charge is 2.26. The van der Waals surface area contributed by atoms with Gasteiger partial charge in [0, 0.05) is 6.42 Å². The second-order valence-electron chi connectivity index (χ2n) is 6.33. The first kappa shape index (κ1) is 16.0. The number of methoxy groups -OCH3 is 1. The zero-order valence-electron chi connectivity index (χ0n) is 13.7. The van der Waals surface area contributed by atoms with Gasteiger partial charge in [-0.05, 0) is 48.6 Å². The monoisotopic (exact) mass is 312 g/mol. The molecule has 2 aromatic carbocycles. The average molecular weight is 312 g/mol. The summed E-state index contributed by atoms with van der Waals surface area (Å²) >= 11 is 0. The van der Waals surface area contributed by atoms with E-state index in [1.54, 1.807) is 7.11 Å². The number of aliphatic hydroxyl groups is 1. The maximum atomic E-state index is 9.97. The topological polar surface area (TPSA) is 38.7 Å². The predicted octanol–water partition coefficient (Wildman–Crippen LogP) is 3.89. The fourth-order valence-corrected chi connectivity index (χ4v) is 3.22. The Bertz CT molecular complexity index is 626. The molecular formula is C20H24O3. The maximum absolute atomic E-state index is 9.97. The number of rotatable bonds is 4. The van der Waals surface area contributed by atoms with Gasteiger partial charge in [0.15, 0.2) is 0 Å². The Kier molecular flexibility index (Phi) is 4.99. The van der Waals surface area contributed by atoms with Crippen LogP contribution in [0.25, 0.3) is 0 Å². The minimum Gasteiger partial charge on any atom is -0.497 e. The molecule has 3 nitrogen and oxygen atoms in total. The van der Waals surface area contributed by atoms with Crippen LogP contribution in [0.5, 0.6) is 5.75 Å². The molecule has 2 aromatic rings. The molecule has 0 radical (unpaired) electrons. The van der Waals surface area contributed by atoms with Crippen LogP contribution in [0.15, 0.2) is 48.5 Å². The van der Waals surface area contributed by atoms with Crippen LogP contribution in [0.1, 0.15) is 42.6 Å². The van der Waals surface area contributed by atoms with E-state index in [2.05, 4.69) is 36.4 Å². The standard InChI is InChI=1S/C20H24O3/c1-14-10-18(21)13-20(23-14)17-5-3-4-16(12-17)11-15-6-8-19(22-2)9-7-15/h3-9,12,14,18,20-21H,10-11,13H2,1-2H3/t14-,18+,20-/m1/s1. The summed E-state index contributed by atoms with van der Waals surface area (Å²) in [4.78, 5) is 0. The summed E-state index contributed by atoms with van der Waals surface area (Å²) in [6.45, 7) is 2.02. The van der Waals surface area contributed by atoms with Gasteiger partial charge >= 0.3 is 0 Å². The number of hydrogen-bond acceptors (Lipinski definition) is 3. The summed E-state index contributed by atoms with van der Waals surface area (Å²) in [6, 6.07) is 16.7. The Morgan fingerprint density at radius 2 is 1.87 bits per heavy atom. The van der Waals surface area contributed by atoms with Crippen molar-refractivity contribution in [2.24, 2.45) is 0 Å². The Morgan fingerprint density at radius 3 is 2.57 bits per heavy atom. The SMILES string of the molecule is COc1ccc(Cc2cccc([C@H]3C[C@@H](O)C[C@@H](C)O3)c2)cc1. The number of ether oxygens (including phenoxy) is 2. The molecular weight excluding hydrogens is 288 g/mol. The Labute approximate surface area is 137 Å². The van der Waals surface area contributed by atoms with Crippen molar-refractivity contribution < 1.29 is 14.6 Å². The summed E-state index contributed by atoms with van der Waals surface area (Å²) in [7, 11) is 1.68. The second kappa shape index (κ2) is 7.16. The first-order chi connectivity index (χ1) is 11.1. The van der Waals surface area contributed by atoms with Crippen LogP contribution in [0.4, 0.5) is 0 Å². The molecule has 0 amide bonds. The lowest BCUT2D eigenvalue weighted by atomic mass is 9.94. The van der Waals surface area contributed by atoms with Gasteiger partial charge in [-0.25, -0.2) is 0 Å². The lowest BCUT2D eigenvalue weighted by Crippen LogP contribution is -2.29. The molecule has 0 spiro atoms. The van der Waals surface area contributed by atoms with Crippen molar-refractivity contribution in [2.45, 2.75) is 44.5 Å². The van der Waals surface area contributed by atoms with E-state index in [1.807, 2.05) is 19.1 Å².